The fourth-order valence-electron chi connectivity index (χ4n) is 1.16. The van der Waals surface area contributed by atoms with Crippen LogP contribution in [-0.2, 0) is 14.3 Å². The van der Waals surface area contributed by atoms with Crippen LogP contribution in [0.5, 0.6) is 0 Å². The Labute approximate surface area is 84.4 Å². The molecule has 6 nitrogen and oxygen atoms in total. The number of esters is 1. The Hall–Kier alpha value is -1.30. The van der Waals surface area contributed by atoms with Crippen LogP contribution < -0.4 is 0 Å². The summed E-state index contributed by atoms with van der Waals surface area (Å²) in [5.74, 6) is -0.634. The highest BCUT2D eigenvalue weighted by atomic mass is 35.5. The Morgan fingerprint density at radius 2 is 2.29 bits per heavy atom. The van der Waals surface area contributed by atoms with Gasteiger partial charge in [0.05, 0.1) is 0 Å². The largest absolute Gasteiger partial charge is 0.465 e. The van der Waals surface area contributed by atoms with E-state index in [0.29, 0.717) is 0 Å². The van der Waals surface area contributed by atoms with Crippen molar-refractivity contribution in [1.82, 2.24) is 4.90 Å². The minimum absolute atomic E-state index is 0.0505. The van der Waals surface area contributed by atoms with Crippen molar-refractivity contribution in [2.24, 2.45) is 0 Å². The van der Waals surface area contributed by atoms with E-state index < -0.39 is 23.3 Å². The molecule has 1 N–H and O–H groups in total. The molecule has 1 unspecified atom stereocenters. The second-order valence-corrected chi connectivity index (χ2v) is 3.18. The van der Waals surface area contributed by atoms with Crippen LogP contribution >= 0.6 is 11.6 Å². The zero-order valence-electron chi connectivity index (χ0n) is 7.10. The number of amides is 1. The summed E-state index contributed by atoms with van der Waals surface area (Å²) >= 11 is 5.07. The van der Waals surface area contributed by atoms with Gasteiger partial charge in [-0.2, -0.15) is 0 Å². The van der Waals surface area contributed by atoms with Gasteiger partial charge in [0.15, 0.2) is 6.73 Å². The van der Waals surface area contributed by atoms with Gasteiger partial charge in [-0.05, 0) is 18.0 Å². The van der Waals surface area contributed by atoms with E-state index in [2.05, 4.69) is 4.74 Å². The fraction of sp³-hybridized carbons (Fsp3) is 0.571. The lowest BCUT2D eigenvalue weighted by atomic mass is 10.1. The first kappa shape index (κ1) is 10.8. The first-order valence-corrected chi connectivity index (χ1v) is 4.24. The standard InChI is InChI=1S/C7H8ClNO5/c8-5(10)2-1-4-6(11)14-3-9(4)7(12)13/h4H,1-3H2,(H,12,13). The number of hydrogen-bond acceptors (Lipinski definition) is 4. The van der Waals surface area contributed by atoms with Crippen molar-refractivity contribution in [1.29, 1.82) is 0 Å². The Morgan fingerprint density at radius 3 is 2.79 bits per heavy atom. The smallest absolute Gasteiger partial charge is 0.410 e. The van der Waals surface area contributed by atoms with Crippen molar-refractivity contribution in [3.8, 4) is 0 Å². The second kappa shape index (κ2) is 4.28. The predicted octanol–water partition coefficient (Wildman–Crippen LogP) is 0.395. The van der Waals surface area contributed by atoms with E-state index in [4.69, 9.17) is 16.7 Å². The van der Waals surface area contributed by atoms with Crippen LogP contribution in [0, 0.1) is 0 Å². The van der Waals surface area contributed by atoms with E-state index in [9.17, 15) is 14.4 Å². The molecule has 0 saturated carbocycles. The monoisotopic (exact) mass is 221 g/mol. The summed E-state index contributed by atoms with van der Waals surface area (Å²) in [5, 5.41) is 8.04. The molecule has 0 spiro atoms. The van der Waals surface area contributed by atoms with Gasteiger partial charge in [-0.15, -0.1) is 0 Å². The van der Waals surface area contributed by atoms with Crippen LogP contribution in [0.4, 0.5) is 4.79 Å². The highest BCUT2D eigenvalue weighted by molar-refractivity contribution is 6.63. The third-order valence-electron chi connectivity index (χ3n) is 1.85. The van der Waals surface area contributed by atoms with Crippen molar-refractivity contribution < 1.29 is 24.2 Å². The van der Waals surface area contributed by atoms with Gasteiger partial charge in [0.2, 0.25) is 5.24 Å². The number of hydrogen-bond donors (Lipinski definition) is 1. The van der Waals surface area contributed by atoms with E-state index >= 15 is 0 Å². The van der Waals surface area contributed by atoms with Gasteiger partial charge in [-0.1, -0.05) is 0 Å². The summed E-state index contributed by atoms with van der Waals surface area (Å²) in [6.45, 7) is -0.282. The molecule has 0 radical (unpaired) electrons. The summed E-state index contributed by atoms with van der Waals surface area (Å²) < 4.78 is 4.52. The van der Waals surface area contributed by atoms with Gasteiger partial charge < -0.3 is 9.84 Å². The number of nitrogens with zero attached hydrogens (tertiary/aromatic N) is 1. The molecule has 14 heavy (non-hydrogen) atoms. The van der Waals surface area contributed by atoms with Crippen LogP contribution in [0.3, 0.4) is 0 Å². The summed E-state index contributed by atoms with van der Waals surface area (Å²) in [6, 6.07) is -0.907. The van der Waals surface area contributed by atoms with Crippen LogP contribution in [-0.4, -0.2) is 40.1 Å². The molecule has 0 aromatic carbocycles. The molecule has 1 amide bonds. The van der Waals surface area contributed by atoms with Crippen LogP contribution in [0.2, 0.25) is 0 Å². The lowest BCUT2D eigenvalue weighted by Gasteiger charge is -2.14. The number of carbonyl (C=O) groups is 3. The number of ether oxygens (including phenoxy) is 1. The maximum Gasteiger partial charge on any atom is 0.410 e. The molecular weight excluding hydrogens is 214 g/mol. The minimum atomic E-state index is -1.25. The number of carbonyl (C=O) groups excluding carboxylic acids is 2. The van der Waals surface area contributed by atoms with Crippen molar-refractivity contribution >= 4 is 28.9 Å². The van der Waals surface area contributed by atoms with Crippen LogP contribution in [0.1, 0.15) is 12.8 Å². The fourth-order valence-corrected chi connectivity index (χ4v) is 1.27. The van der Waals surface area contributed by atoms with Crippen molar-refractivity contribution in [3.05, 3.63) is 0 Å². The van der Waals surface area contributed by atoms with E-state index in [-0.39, 0.29) is 19.6 Å². The van der Waals surface area contributed by atoms with Gasteiger partial charge in [-0.25, -0.2) is 9.59 Å². The lowest BCUT2D eigenvalue weighted by molar-refractivity contribution is -0.139. The molecule has 0 aromatic rings. The van der Waals surface area contributed by atoms with Crippen molar-refractivity contribution in [3.63, 3.8) is 0 Å². The van der Waals surface area contributed by atoms with Crippen molar-refractivity contribution in [2.75, 3.05) is 6.73 Å². The average molecular weight is 222 g/mol. The van der Waals surface area contributed by atoms with E-state index in [0.717, 1.165) is 4.90 Å². The number of rotatable bonds is 3. The molecule has 1 aliphatic heterocycles. The van der Waals surface area contributed by atoms with Gasteiger partial charge in [0, 0.05) is 6.42 Å². The molecule has 1 fully saturated rings. The lowest BCUT2D eigenvalue weighted by Crippen LogP contribution is -2.37. The molecule has 7 heteroatoms. The average Bonchev–Trinajstić information content (AvgIpc) is 2.43. The van der Waals surface area contributed by atoms with E-state index in [1.807, 2.05) is 0 Å². The predicted molar refractivity (Wildman–Crippen MR) is 44.7 cm³/mol. The third kappa shape index (κ3) is 2.35. The molecule has 1 aliphatic rings. The Bertz CT molecular complexity index is 279. The maximum atomic E-state index is 11.0. The normalized spacial score (nSPS) is 20.8. The summed E-state index contributed by atoms with van der Waals surface area (Å²) in [7, 11) is 0. The van der Waals surface area contributed by atoms with E-state index in [1.54, 1.807) is 0 Å². The molecule has 0 bridgehead atoms. The highest BCUT2D eigenvalue weighted by Crippen LogP contribution is 2.16. The molecular formula is C7H8ClNO5. The zero-order chi connectivity index (χ0) is 10.7. The number of carboxylic acid groups (broad SMARTS) is 1. The topological polar surface area (TPSA) is 83.9 Å². The first-order valence-electron chi connectivity index (χ1n) is 3.87. The molecule has 0 aromatic heterocycles. The molecule has 78 valence electrons. The number of halogens is 1. The molecule has 1 heterocycles. The van der Waals surface area contributed by atoms with Gasteiger partial charge in [-0.3, -0.25) is 9.69 Å². The molecule has 0 aliphatic carbocycles. The summed E-state index contributed by atoms with van der Waals surface area (Å²) in [5.41, 5.74) is 0. The quantitative estimate of drug-likeness (QED) is 0.551. The highest BCUT2D eigenvalue weighted by Gasteiger charge is 2.37. The van der Waals surface area contributed by atoms with Gasteiger partial charge in [0.1, 0.15) is 6.04 Å². The second-order valence-electron chi connectivity index (χ2n) is 2.75. The summed E-state index contributed by atoms with van der Waals surface area (Å²) in [4.78, 5) is 32.9. The Morgan fingerprint density at radius 1 is 1.64 bits per heavy atom. The minimum Gasteiger partial charge on any atom is -0.465 e. The number of cyclic esters (lactones) is 1. The van der Waals surface area contributed by atoms with Crippen LogP contribution in [0.15, 0.2) is 0 Å². The van der Waals surface area contributed by atoms with Gasteiger partial charge in [0.25, 0.3) is 0 Å². The Balaban J connectivity index is 2.58. The van der Waals surface area contributed by atoms with Crippen LogP contribution in [0.25, 0.3) is 0 Å². The summed E-state index contributed by atoms with van der Waals surface area (Å²) in [6.07, 6.45) is -1.23. The van der Waals surface area contributed by atoms with Gasteiger partial charge >= 0.3 is 12.1 Å². The maximum absolute atomic E-state index is 11.0. The van der Waals surface area contributed by atoms with Crippen molar-refractivity contribution in [2.45, 2.75) is 18.9 Å². The molecule has 1 saturated heterocycles. The SMILES string of the molecule is O=C(Cl)CCC1C(=O)OCN1C(=O)O. The first-order chi connectivity index (χ1) is 6.52. The molecule has 1 rings (SSSR count). The molecule has 1 atom stereocenters. The van der Waals surface area contributed by atoms with E-state index in [1.165, 1.54) is 0 Å². The zero-order valence-corrected chi connectivity index (χ0v) is 7.86. The third-order valence-corrected chi connectivity index (χ3v) is 2.04. The Kier molecular flexibility index (Phi) is 3.29.